The molecule has 21 heavy (non-hydrogen) atoms. The molecule has 2 N–H and O–H groups in total. The van der Waals surface area contributed by atoms with E-state index < -0.39 is 10.0 Å². The molecule has 2 heterocycles. The third kappa shape index (κ3) is 4.24. The Bertz CT molecular complexity index is 674. The second-order valence-electron chi connectivity index (χ2n) is 4.41. The molecular formula is C14H18N4O2S. The summed E-state index contributed by atoms with van der Waals surface area (Å²) in [6, 6.07) is 5.38. The van der Waals surface area contributed by atoms with Crippen molar-refractivity contribution in [2.24, 2.45) is 0 Å². The number of nitrogens with one attached hydrogen (secondary N) is 2. The average molecular weight is 306 g/mol. The van der Waals surface area contributed by atoms with Gasteiger partial charge in [-0.05, 0) is 37.1 Å². The third-order valence-electron chi connectivity index (χ3n) is 2.90. The molecule has 0 unspecified atom stereocenters. The van der Waals surface area contributed by atoms with E-state index in [0.29, 0.717) is 25.2 Å². The lowest BCUT2D eigenvalue weighted by atomic mass is 10.2. The summed E-state index contributed by atoms with van der Waals surface area (Å²) in [5, 5.41) is 3.02. The summed E-state index contributed by atoms with van der Waals surface area (Å²) in [6.07, 6.45) is 6.90. The topological polar surface area (TPSA) is 84.0 Å². The second kappa shape index (κ2) is 7.14. The highest BCUT2D eigenvalue weighted by Crippen LogP contribution is 2.18. The van der Waals surface area contributed by atoms with Gasteiger partial charge in [-0.2, -0.15) is 0 Å². The maximum atomic E-state index is 12.3. The summed E-state index contributed by atoms with van der Waals surface area (Å²) in [5.74, 6) is 0. The number of hydrogen-bond acceptors (Lipinski definition) is 5. The monoisotopic (exact) mass is 306 g/mol. The maximum absolute atomic E-state index is 12.3. The van der Waals surface area contributed by atoms with E-state index in [1.807, 2.05) is 19.1 Å². The Morgan fingerprint density at radius 2 is 1.81 bits per heavy atom. The Morgan fingerprint density at radius 3 is 2.52 bits per heavy atom. The van der Waals surface area contributed by atoms with Crippen molar-refractivity contribution < 1.29 is 8.42 Å². The molecule has 0 fully saturated rings. The van der Waals surface area contributed by atoms with Crippen molar-refractivity contribution in [1.82, 2.24) is 14.7 Å². The van der Waals surface area contributed by atoms with E-state index in [9.17, 15) is 8.42 Å². The van der Waals surface area contributed by atoms with E-state index in [0.717, 1.165) is 5.56 Å². The molecule has 0 saturated carbocycles. The van der Waals surface area contributed by atoms with Crippen molar-refractivity contribution in [3.63, 3.8) is 0 Å². The highest BCUT2D eigenvalue weighted by atomic mass is 32.2. The van der Waals surface area contributed by atoms with Crippen molar-refractivity contribution in [2.45, 2.75) is 18.2 Å². The number of sulfonamides is 1. The van der Waals surface area contributed by atoms with E-state index in [1.165, 1.54) is 6.20 Å². The summed E-state index contributed by atoms with van der Waals surface area (Å²) >= 11 is 0. The minimum Gasteiger partial charge on any atom is -0.384 e. The highest BCUT2D eigenvalue weighted by molar-refractivity contribution is 7.89. The molecule has 0 aromatic carbocycles. The summed E-state index contributed by atoms with van der Waals surface area (Å²) in [6.45, 7) is 2.88. The predicted molar refractivity (Wildman–Crippen MR) is 81.5 cm³/mol. The van der Waals surface area contributed by atoms with Crippen LogP contribution in [0.15, 0.2) is 47.9 Å². The van der Waals surface area contributed by atoms with Gasteiger partial charge in [-0.25, -0.2) is 13.1 Å². The van der Waals surface area contributed by atoms with Gasteiger partial charge in [0.15, 0.2) is 0 Å². The van der Waals surface area contributed by atoms with Crippen molar-refractivity contribution >= 4 is 15.7 Å². The first kappa shape index (κ1) is 15.4. The lowest BCUT2D eigenvalue weighted by Crippen LogP contribution is -2.27. The molecule has 0 saturated heterocycles. The van der Waals surface area contributed by atoms with Crippen LogP contribution < -0.4 is 10.0 Å². The molecule has 0 atom stereocenters. The zero-order chi connectivity index (χ0) is 15.1. The minimum absolute atomic E-state index is 0.168. The molecule has 2 aromatic heterocycles. The van der Waals surface area contributed by atoms with E-state index in [-0.39, 0.29) is 4.90 Å². The molecule has 0 radical (unpaired) electrons. The van der Waals surface area contributed by atoms with Gasteiger partial charge in [0.25, 0.3) is 0 Å². The fraction of sp³-hybridized carbons (Fsp3) is 0.286. The molecule has 0 spiro atoms. The van der Waals surface area contributed by atoms with Gasteiger partial charge in [-0.1, -0.05) is 0 Å². The number of hydrogen-bond donors (Lipinski definition) is 2. The Labute approximate surface area is 124 Å². The summed E-state index contributed by atoms with van der Waals surface area (Å²) in [7, 11) is -3.57. The van der Waals surface area contributed by atoms with Crippen LogP contribution >= 0.6 is 0 Å². The first-order chi connectivity index (χ1) is 10.1. The van der Waals surface area contributed by atoms with Crippen LogP contribution in [-0.4, -0.2) is 31.5 Å². The molecule has 2 rings (SSSR count). The van der Waals surface area contributed by atoms with E-state index in [2.05, 4.69) is 20.0 Å². The van der Waals surface area contributed by atoms with Gasteiger partial charge in [0.05, 0.1) is 5.69 Å². The van der Waals surface area contributed by atoms with Gasteiger partial charge < -0.3 is 5.32 Å². The van der Waals surface area contributed by atoms with Gasteiger partial charge in [-0.15, -0.1) is 0 Å². The number of rotatable bonds is 7. The fourth-order valence-electron chi connectivity index (χ4n) is 1.89. The summed E-state index contributed by atoms with van der Waals surface area (Å²) < 4.78 is 27.2. The first-order valence-corrected chi connectivity index (χ1v) is 8.18. The lowest BCUT2D eigenvalue weighted by molar-refractivity contribution is 0.581. The number of anilines is 1. The summed E-state index contributed by atoms with van der Waals surface area (Å²) in [4.78, 5) is 7.99. The van der Waals surface area contributed by atoms with Gasteiger partial charge in [0.1, 0.15) is 4.90 Å². The molecule has 0 aliphatic carbocycles. The van der Waals surface area contributed by atoms with Crippen LogP contribution in [0.4, 0.5) is 5.69 Å². The van der Waals surface area contributed by atoms with Crippen molar-refractivity contribution in [3.8, 4) is 0 Å². The third-order valence-corrected chi connectivity index (χ3v) is 4.38. The molecule has 0 aliphatic rings. The largest absolute Gasteiger partial charge is 0.384 e. The Kier molecular flexibility index (Phi) is 5.24. The molecule has 6 nitrogen and oxygen atoms in total. The molecular weight excluding hydrogens is 288 g/mol. The molecule has 7 heteroatoms. The molecule has 0 aliphatic heterocycles. The minimum atomic E-state index is -3.57. The first-order valence-electron chi connectivity index (χ1n) is 6.70. The smallest absolute Gasteiger partial charge is 0.244 e. The summed E-state index contributed by atoms with van der Waals surface area (Å²) in [5.41, 5.74) is 1.59. The highest BCUT2D eigenvalue weighted by Gasteiger charge is 2.17. The number of nitrogens with zero attached hydrogens (tertiary/aromatic N) is 2. The van der Waals surface area contributed by atoms with Crippen LogP contribution in [0.1, 0.15) is 12.5 Å². The average Bonchev–Trinajstić information content (AvgIpc) is 2.49. The van der Waals surface area contributed by atoms with E-state index in [1.54, 1.807) is 24.7 Å². The Hall–Kier alpha value is -1.99. The number of aromatic nitrogens is 2. The van der Waals surface area contributed by atoms with Crippen LogP contribution in [-0.2, 0) is 16.4 Å². The van der Waals surface area contributed by atoms with Gasteiger partial charge in [0, 0.05) is 37.9 Å². The van der Waals surface area contributed by atoms with Crippen LogP contribution in [0, 0.1) is 0 Å². The SMILES string of the molecule is CCNc1ccncc1S(=O)(=O)NCCc1ccncc1. The van der Waals surface area contributed by atoms with Crippen molar-refractivity contribution in [1.29, 1.82) is 0 Å². The zero-order valence-corrected chi connectivity index (χ0v) is 12.6. The van der Waals surface area contributed by atoms with Crippen molar-refractivity contribution in [2.75, 3.05) is 18.4 Å². The molecule has 0 bridgehead atoms. The van der Waals surface area contributed by atoms with E-state index >= 15 is 0 Å². The standard InChI is InChI=1S/C14H18N4O2S/c1-2-17-13-6-9-16-11-14(13)21(19,20)18-10-5-12-3-7-15-8-4-12/h3-4,6-9,11,18H,2,5,10H2,1H3,(H,16,17). The lowest BCUT2D eigenvalue weighted by Gasteiger charge is -2.11. The number of pyridine rings is 2. The van der Waals surface area contributed by atoms with Gasteiger partial charge in [-0.3, -0.25) is 9.97 Å². The van der Waals surface area contributed by atoms with Gasteiger partial charge >= 0.3 is 0 Å². The van der Waals surface area contributed by atoms with E-state index in [4.69, 9.17) is 0 Å². The predicted octanol–water partition coefficient (Wildman–Crippen LogP) is 1.43. The second-order valence-corrected chi connectivity index (χ2v) is 6.14. The van der Waals surface area contributed by atoms with Gasteiger partial charge in [0.2, 0.25) is 10.0 Å². The van der Waals surface area contributed by atoms with Crippen LogP contribution in [0.2, 0.25) is 0 Å². The molecule has 0 amide bonds. The molecule has 2 aromatic rings. The Balaban J connectivity index is 2.05. The fourth-order valence-corrected chi connectivity index (χ4v) is 3.04. The maximum Gasteiger partial charge on any atom is 0.244 e. The van der Waals surface area contributed by atoms with Crippen molar-refractivity contribution in [3.05, 3.63) is 48.5 Å². The quantitative estimate of drug-likeness (QED) is 0.808. The molecule has 112 valence electrons. The Morgan fingerprint density at radius 1 is 1.10 bits per heavy atom. The van der Waals surface area contributed by atoms with Crippen LogP contribution in [0.5, 0.6) is 0 Å². The van der Waals surface area contributed by atoms with Crippen LogP contribution in [0.3, 0.4) is 0 Å². The normalized spacial score (nSPS) is 11.3. The zero-order valence-electron chi connectivity index (χ0n) is 11.8. The van der Waals surface area contributed by atoms with Crippen LogP contribution in [0.25, 0.3) is 0 Å².